The summed E-state index contributed by atoms with van der Waals surface area (Å²) in [6.45, 7) is -1.19. The SMILES string of the molecule is N/C(=N/CC(F)(F)F)Nc1nc(CCCCO)cs1.O=C(O)/C=C\C(=O)O. The number of carbonyl (C=O) groups is 2. The molecule has 152 valence electrons. The standard InChI is InChI=1S/C10H15F3N4OS.C4H4O4/c11-10(12,13)6-15-8(14)17-9-16-7(5-19-9)3-1-2-4-18;5-3(6)1-2-4(7)8/h5,18H,1-4,6H2,(H3,14,15,16,17);1-2H,(H,5,6)(H,7,8)/b;2-1-. The van der Waals surface area contributed by atoms with E-state index in [1.54, 1.807) is 5.38 Å². The number of hydrogen-bond donors (Lipinski definition) is 5. The van der Waals surface area contributed by atoms with Gasteiger partial charge in [0.1, 0.15) is 6.54 Å². The number of nitrogens with one attached hydrogen (secondary N) is 1. The van der Waals surface area contributed by atoms with Gasteiger partial charge in [-0.1, -0.05) is 0 Å². The lowest BCUT2D eigenvalue weighted by atomic mass is 10.2. The van der Waals surface area contributed by atoms with Gasteiger partial charge in [0.05, 0.1) is 5.69 Å². The zero-order chi connectivity index (χ0) is 20.9. The predicted octanol–water partition coefficient (Wildman–Crippen LogP) is 1.46. The van der Waals surface area contributed by atoms with E-state index in [1.165, 1.54) is 11.3 Å². The van der Waals surface area contributed by atoms with Crippen LogP contribution in [0, 0.1) is 0 Å². The molecular weight excluding hydrogens is 393 g/mol. The minimum Gasteiger partial charge on any atom is -0.478 e. The molecule has 0 bridgehead atoms. The van der Waals surface area contributed by atoms with E-state index in [9.17, 15) is 22.8 Å². The number of carboxylic acid groups (broad SMARTS) is 2. The van der Waals surface area contributed by atoms with Crippen molar-refractivity contribution in [1.82, 2.24) is 4.98 Å². The number of nitrogens with two attached hydrogens (primary N) is 1. The maximum Gasteiger partial charge on any atom is 0.408 e. The fourth-order valence-corrected chi connectivity index (χ4v) is 2.12. The molecule has 1 rings (SSSR count). The largest absolute Gasteiger partial charge is 0.478 e. The van der Waals surface area contributed by atoms with Gasteiger partial charge in [-0.05, 0) is 19.3 Å². The number of unbranched alkanes of at least 4 members (excludes halogenated alkanes) is 1. The number of aliphatic imine (C=N–C) groups is 1. The van der Waals surface area contributed by atoms with Crippen molar-refractivity contribution in [3.05, 3.63) is 23.2 Å². The van der Waals surface area contributed by atoms with E-state index in [-0.39, 0.29) is 12.6 Å². The second-order valence-electron chi connectivity index (χ2n) is 4.78. The molecule has 1 aromatic heterocycles. The Labute approximate surface area is 156 Å². The molecule has 9 nitrogen and oxygen atoms in total. The monoisotopic (exact) mass is 412 g/mol. The van der Waals surface area contributed by atoms with Crippen molar-refractivity contribution in [3.8, 4) is 0 Å². The molecule has 1 aromatic rings. The second-order valence-corrected chi connectivity index (χ2v) is 5.63. The smallest absolute Gasteiger partial charge is 0.408 e. The quantitative estimate of drug-likeness (QED) is 0.186. The Balaban J connectivity index is 0.000000713. The summed E-state index contributed by atoms with van der Waals surface area (Å²) in [7, 11) is 0. The number of anilines is 1. The number of aliphatic hydroxyl groups is 1. The summed E-state index contributed by atoms with van der Waals surface area (Å²) in [4.78, 5) is 26.4. The van der Waals surface area contributed by atoms with E-state index in [0.717, 1.165) is 12.1 Å². The van der Waals surface area contributed by atoms with Crippen molar-refractivity contribution in [2.45, 2.75) is 25.4 Å². The third-order valence-corrected chi connectivity index (χ3v) is 3.23. The number of halogens is 3. The normalized spacial score (nSPS) is 11.8. The van der Waals surface area contributed by atoms with Crippen molar-refractivity contribution in [2.75, 3.05) is 18.5 Å². The van der Waals surface area contributed by atoms with Crippen LogP contribution < -0.4 is 11.1 Å². The van der Waals surface area contributed by atoms with Crippen molar-refractivity contribution in [3.63, 3.8) is 0 Å². The highest BCUT2D eigenvalue weighted by atomic mass is 32.1. The number of carboxylic acids is 2. The molecule has 0 fully saturated rings. The van der Waals surface area contributed by atoms with E-state index < -0.39 is 24.7 Å². The molecule has 0 saturated carbocycles. The van der Waals surface area contributed by atoms with Crippen LogP contribution in [0.5, 0.6) is 0 Å². The Morgan fingerprint density at radius 1 is 1.26 bits per heavy atom. The van der Waals surface area contributed by atoms with Gasteiger partial charge in [-0.2, -0.15) is 13.2 Å². The van der Waals surface area contributed by atoms with Crippen molar-refractivity contribution in [1.29, 1.82) is 0 Å². The third kappa shape index (κ3) is 15.3. The van der Waals surface area contributed by atoms with E-state index in [2.05, 4.69) is 15.3 Å². The topological polar surface area (TPSA) is 158 Å². The number of aryl methyl sites for hydroxylation is 1. The fraction of sp³-hybridized carbons (Fsp3) is 0.429. The Kier molecular flexibility index (Phi) is 11.4. The highest BCUT2D eigenvalue weighted by molar-refractivity contribution is 7.13. The van der Waals surface area contributed by atoms with Crippen molar-refractivity contribution in [2.24, 2.45) is 10.7 Å². The number of nitrogens with zero attached hydrogens (tertiary/aromatic N) is 2. The number of hydrogen-bond acceptors (Lipinski definition) is 6. The molecule has 0 spiro atoms. The maximum absolute atomic E-state index is 11.9. The average Bonchev–Trinajstić information content (AvgIpc) is 2.98. The summed E-state index contributed by atoms with van der Waals surface area (Å²) in [6.07, 6.45) is -1.06. The zero-order valence-electron chi connectivity index (χ0n) is 13.9. The molecule has 0 radical (unpaired) electrons. The van der Waals surface area contributed by atoms with Gasteiger partial charge in [0.25, 0.3) is 0 Å². The van der Waals surface area contributed by atoms with Crippen LogP contribution >= 0.6 is 11.3 Å². The minimum absolute atomic E-state index is 0.131. The first kappa shape index (κ1) is 24.3. The predicted molar refractivity (Wildman–Crippen MR) is 92.7 cm³/mol. The molecule has 0 aliphatic carbocycles. The molecular formula is C14H19F3N4O5S. The van der Waals surface area contributed by atoms with Gasteiger partial charge in [-0.3, -0.25) is 0 Å². The van der Waals surface area contributed by atoms with E-state index in [4.69, 9.17) is 21.1 Å². The number of rotatable bonds is 8. The number of guanidine groups is 1. The number of thiazole rings is 1. The summed E-state index contributed by atoms with van der Waals surface area (Å²) < 4.78 is 35.7. The third-order valence-electron chi connectivity index (χ3n) is 2.42. The van der Waals surface area contributed by atoms with Crippen molar-refractivity contribution >= 4 is 34.4 Å². The number of aliphatic hydroxyl groups excluding tert-OH is 1. The lowest BCUT2D eigenvalue weighted by molar-refractivity contribution is -0.134. The number of aliphatic carboxylic acids is 2. The molecule has 13 heteroatoms. The molecule has 0 unspecified atom stereocenters. The molecule has 0 amide bonds. The summed E-state index contributed by atoms with van der Waals surface area (Å²) in [5, 5.41) is 29.0. The second kappa shape index (κ2) is 12.6. The van der Waals surface area contributed by atoms with Gasteiger partial charge in [-0.25, -0.2) is 19.6 Å². The van der Waals surface area contributed by atoms with E-state index in [0.29, 0.717) is 30.1 Å². The van der Waals surface area contributed by atoms with Gasteiger partial charge in [-0.15, -0.1) is 11.3 Å². The van der Waals surface area contributed by atoms with Gasteiger partial charge in [0.15, 0.2) is 11.1 Å². The first-order valence-electron chi connectivity index (χ1n) is 7.36. The van der Waals surface area contributed by atoms with Crippen LogP contribution in [0.15, 0.2) is 22.5 Å². The summed E-state index contributed by atoms with van der Waals surface area (Å²) in [5.74, 6) is -2.83. The first-order valence-corrected chi connectivity index (χ1v) is 8.24. The Bertz CT molecular complexity index is 645. The molecule has 6 N–H and O–H groups in total. The van der Waals surface area contributed by atoms with Gasteiger partial charge in [0, 0.05) is 24.1 Å². The highest BCUT2D eigenvalue weighted by Crippen LogP contribution is 2.17. The van der Waals surface area contributed by atoms with Crippen LogP contribution in [0.3, 0.4) is 0 Å². The lowest BCUT2D eigenvalue weighted by Gasteiger charge is -2.04. The van der Waals surface area contributed by atoms with Crippen LogP contribution in [-0.2, 0) is 16.0 Å². The van der Waals surface area contributed by atoms with Crippen LogP contribution in [0.25, 0.3) is 0 Å². The fourth-order valence-electron chi connectivity index (χ4n) is 1.36. The van der Waals surface area contributed by atoms with Crippen molar-refractivity contribution < 1.29 is 38.1 Å². The zero-order valence-corrected chi connectivity index (χ0v) is 14.8. The molecule has 27 heavy (non-hydrogen) atoms. The molecule has 0 aliphatic rings. The van der Waals surface area contributed by atoms with Gasteiger partial charge in [0.2, 0.25) is 0 Å². The summed E-state index contributed by atoms with van der Waals surface area (Å²) in [6, 6.07) is 0. The van der Waals surface area contributed by atoms with Gasteiger partial charge >= 0.3 is 18.1 Å². The average molecular weight is 412 g/mol. The molecule has 0 saturated heterocycles. The van der Waals surface area contributed by atoms with Gasteiger partial charge < -0.3 is 26.4 Å². The first-order chi connectivity index (χ1) is 12.5. The Hall–Kier alpha value is -2.67. The number of aromatic nitrogens is 1. The summed E-state index contributed by atoms with van der Waals surface area (Å²) >= 11 is 1.24. The van der Waals surface area contributed by atoms with Crippen LogP contribution in [0.4, 0.5) is 18.3 Å². The molecule has 0 aliphatic heterocycles. The Morgan fingerprint density at radius 2 is 1.85 bits per heavy atom. The van der Waals surface area contributed by atoms with E-state index >= 15 is 0 Å². The highest BCUT2D eigenvalue weighted by Gasteiger charge is 2.26. The van der Waals surface area contributed by atoms with Crippen LogP contribution in [0.2, 0.25) is 0 Å². The maximum atomic E-state index is 11.9. The Morgan fingerprint density at radius 3 is 2.33 bits per heavy atom. The lowest BCUT2D eigenvalue weighted by Crippen LogP contribution is -2.25. The molecule has 0 atom stereocenters. The molecule has 1 heterocycles. The minimum atomic E-state index is -4.37. The van der Waals surface area contributed by atoms with Crippen LogP contribution in [0.1, 0.15) is 18.5 Å². The van der Waals surface area contributed by atoms with E-state index in [1.807, 2.05) is 0 Å². The summed E-state index contributed by atoms with van der Waals surface area (Å²) in [5.41, 5.74) is 6.13. The molecule has 0 aromatic carbocycles. The van der Waals surface area contributed by atoms with Crippen LogP contribution in [-0.4, -0.2) is 57.5 Å². The number of alkyl halides is 3.